The smallest absolute Gasteiger partial charge is 0.342 e. The number of thioether (sulfide) groups is 1. The molecule has 0 aliphatic heterocycles. The van der Waals surface area contributed by atoms with E-state index in [0.29, 0.717) is 34.8 Å². The van der Waals surface area contributed by atoms with Crippen LogP contribution in [-0.4, -0.2) is 42.2 Å². The number of benzene rings is 2. The van der Waals surface area contributed by atoms with Crippen LogP contribution < -0.4 is 9.47 Å². The van der Waals surface area contributed by atoms with Gasteiger partial charge in [-0.2, -0.15) is 0 Å². The molecule has 0 spiro atoms. The summed E-state index contributed by atoms with van der Waals surface area (Å²) < 4.78 is 21.3. The second-order valence-corrected chi connectivity index (χ2v) is 6.68. The van der Waals surface area contributed by atoms with Crippen molar-refractivity contribution in [3.63, 3.8) is 0 Å². The minimum atomic E-state index is -0.480. The van der Waals surface area contributed by atoms with Crippen LogP contribution >= 0.6 is 11.8 Å². The van der Waals surface area contributed by atoms with Crippen LogP contribution in [0.1, 0.15) is 17.3 Å². The van der Waals surface area contributed by atoms with Crippen molar-refractivity contribution in [2.45, 2.75) is 12.1 Å². The largest absolute Gasteiger partial charge is 0.496 e. The van der Waals surface area contributed by atoms with E-state index >= 15 is 0 Å². The fourth-order valence-corrected chi connectivity index (χ4v) is 2.97. The quantitative estimate of drug-likeness (QED) is 0.304. The number of hydrogen-bond donors (Lipinski definition) is 0. The molecule has 0 amide bonds. The number of carbonyl (C=O) groups excluding carboxylic acids is 1. The van der Waals surface area contributed by atoms with Crippen molar-refractivity contribution in [3.05, 3.63) is 54.1 Å². The van der Waals surface area contributed by atoms with Gasteiger partial charge in [-0.25, -0.2) is 4.79 Å². The van der Waals surface area contributed by atoms with Crippen LogP contribution in [0.15, 0.2) is 58.2 Å². The van der Waals surface area contributed by atoms with Gasteiger partial charge in [0.25, 0.3) is 5.22 Å². The Balaban J connectivity index is 1.45. The third-order valence-corrected chi connectivity index (χ3v) is 4.51. The highest BCUT2D eigenvalue weighted by molar-refractivity contribution is 7.99. The molecule has 0 atom stereocenters. The van der Waals surface area contributed by atoms with Gasteiger partial charge in [-0.15, -0.1) is 10.2 Å². The zero-order valence-electron chi connectivity index (χ0n) is 16.6. The predicted octanol–water partition coefficient (Wildman–Crippen LogP) is 4.10. The molecule has 30 heavy (non-hydrogen) atoms. The fraction of sp³-hybridized carbons (Fsp3) is 0.227. The normalized spacial score (nSPS) is 10.1. The Bertz CT molecular complexity index is 1040. The lowest BCUT2D eigenvalue weighted by Crippen LogP contribution is -2.07. The summed E-state index contributed by atoms with van der Waals surface area (Å²) in [6.45, 7) is 2.53. The van der Waals surface area contributed by atoms with Crippen molar-refractivity contribution in [3.8, 4) is 34.8 Å². The van der Waals surface area contributed by atoms with E-state index in [1.165, 1.54) is 18.9 Å². The summed E-state index contributed by atoms with van der Waals surface area (Å²) in [6, 6.07) is 14.3. The molecular weight excluding hydrogens is 404 g/mol. The van der Waals surface area contributed by atoms with Gasteiger partial charge in [-0.05, 0) is 43.3 Å². The molecule has 3 aromatic rings. The highest BCUT2D eigenvalue weighted by atomic mass is 32.2. The number of aromatic nitrogens is 2. The van der Waals surface area contributed by atoms with Gasteiger partial charge in [0.1, 0.15) is 17.1 Å². The van der Waals surface area contributed by atoms with Crippen molar-refractivity contribution in [2.24, 2.45) is 0 Å². The second kappa shape index (κ2) is 10.9. The van der Waals surface area contributed by atoms with Gasteiger partial charge < -0.3 is 18.6 Å². The summed E-state index contributed by atoms with van der Waals surface area (Å²) in [7, 11) is 1.50. The van der Waals surface area contributed by atoms with E-state index in [4.69, 9.17) is 18.6 Å². The molecule has 1 heterocycles. The molecule has 0 bridgehead atoms. The summed E-state index contributed by atoms with van der Waals surface area (Å²) in [5, 5.41) is 8.46. The summed E-state index contributed by atoms with van der Waals surface area (Å²) in [5.74, 6) is 7.32. The van der Waals surface area contributed by atoms with Crippen molar-refractivity contribution >= 4 is 17.7 Å². The van der Waals surface area contributed by atoms with Crippen molar-refractivity contribution in [2.75, 3.05) is 26.1 Å². The van der Waals surface area contributed by atoms with Crippen molar-refractivity contribution in [1.82, 2.24) is 10.2 Å². The predicted molar refractivity (Wildman–Crippen MR) is 113 cm³/mol. The average molecular weight is 424 g/mol. The molecule has 0 unspecified atom stereocenters. The summed E-state index contributed by atoms with van der Waals surface area (Å²) in [4.78, 5) is 12.1. The van der Waals surface area contributed by atoms with Crippen molar-refractivity contribution < 1.29 is 23.4 Å². The van der Waals surface area contributed by atoms with E-state index in [1.807, 2.05) is 31.2 Å². The zero-order valence-corrected chi connectivity index (χ0v) is 17.4. The van der Waals surface area contributed by atoms with E-state index in [9.17, 15) is 4.79 Å². The molecular formula is C22H20N2O5S. The maximum absolute atomic E-state index is 12.1. The van der Waals surface area contributed by atoms with Crippen LogP contribution in [0.2, 0.25) is 0 Å². The molecule has 7 nitrogen and oxygen atoms in total. The van der Waals surface area contributed by atoms with E-state index in [1.54, 1.807) is 24.3 Å². The highest BCUT2D eigenvalue weighted by Gasteiger charge is 2.12. The Hall–Kier alpha value is -3.44. The van der Waals surface area contributed by atoms with Gasteiger partial charge in [-0.1, -0.05) is 35.7 Å². The van der Waals surface area contributed by atoms with E-state index < -0.39 is 5.97 Å². The lowest BCUT2D eigenvalue weighted by molar-refractivity contribution is 0.0553. The molecule has 0 radical (unpaired) electrons. The van der Waals surface area contributed by atoms with Gasteiger partial charge in [-0.3, -0.25) is 0 Å². The SMILES string of the molecule is CCOc1ccc(-c2nnc(SCC#CCOC(=O)c3ccccc3OC)o2)cc1. The first-order valence-corrected chi connectivity index (χ1v) is 10.1. The Morgan fingerprint density at radius 3 is 2.67 bits per heavy atom. The van der Waals surface area contributed by atoms with E-state index in [-0.39, 0.29) is 6.61 Å². The Kier molecular flexibility index (Phi) is 7.75. The van der Waals surface area contributed by atoms with Gasteiger partial charge in [0.05, 0.1) is 19.5 Å². The molecule has 8 heteroatoms. The number of esters is 1. The van der Waals surface area contributed by atoms with Crippen LogP contribution in [0.25, 0.3) is 11.5 Å². The van der Waals surface area contributed by atoms with Gasteiger partial charge in [0.15, 0.2) is 6.61 Å². The molecule has 2 aromatic carbocycles. The Morgan fingerprint density at radius 1 is 1.10 bits per heavy atom. The fourth-order valence-electron chi connectivity index (χ4n) is 2.44. The van der Waals surface area contributed by atoms with Crippen LogP contribution in [0, 0.1) is 11.8 Å². The van der Waals surface area contributed by atoms with Gasteiger partial charge in [0.2, 0.25) is 5.89 Å². The van der Waals surface area contributed by atoms with Crippen LogP contribution in [0.3, 0.4) is 0 Å². The third kappa shape index (κ3) is 5.78. The first kappa shape index (κ1) is 21.3. The number of methoxy groups -OCH3 is 1. The summed E-state index contributed by atoms with van der Waals surface area (Å²) in [5.41, 5.74) is 1.18. The second-order valence-electron chi connectivity index (χ2n) is 5.75. The maximum Gasteiger partial charge on any atom is 0.342 e. The van der Waals surface area contributed by atoms with Gasteiger partial charge in [0, 0.05) is 5.56 Å². The topological polar surface area (TPSA) is 83.7 Å². The number of nitrogens with zero attached hydrogens (tertiary/aromatic N) is 2. The molecule has 0 N–H and O–H groups in total. The maximum atomic E-state index is 12.1. The number of ether oxygens (including phenoxy) is 3. The van der Waals surface area contributed by atoms with E-state index in [0.717, 1.165) is 11.3 Å². The average Bonchev–Trinajstić information content (AvgIpc) is 3.25. The van der Waals surface area contributed by atoms with Gasteiger partial charge >= 0.3 is 5.97 Å². The first-order chi connectivity index (χ1) is 14.7. The van der Waals surface area contributed by atoms with Crippen LogP contribution in [0.4, 0.5) is 0 Å². The third-order valence-electron chi connectivity index (χ3n) is 3.81. The zero-order chi connectivity index (χ0) is 21.2. The molecule has 1 aromatic heterocycles. The monoisotopic (exact) mass is 424 g/mol. The molecule has 0 saturated carbocycles. The lowest BCUT2D eigenvalue weighted by atomic mass is 10.2. The molecule has 3 rings (SSSR count). The number of hydrogen-bond acceptors (Lipinski definition) is 8. The number of rotatable bonds is 8. The van der Waals surface area contributed by atoms with E-state index in [2.05, 4.69) is 22.0 Å². The molecule has 0 aliphatic carbocycles. The molecule has 0 saturated heterocycles. The van der Waals surface area contributed by atoms with Crippen molar-refractivity contribution in [1.29, 1.82) is 0 Å². The summed E-state index contributed by atoms with van der Waals surface area (Å²) >= 11 is 1.31. The molecule has 0 fully saturated rings. The molecule has 154 valence electrons. The van der Waals surface area contributed by atoms with Crippen LogP contribution in [0.5, 0.6) is 11.5 Å². The number of carbonyl (C=O) groups is 1. The Morgan fingerprint density at radius 2 is 1.90 bits per heavy atom. The summed E-state index contributed by atoms with van der Waals surface area (Å²) in [6.07, 6.45) is 0. The minimum absolute atomic E-state index is 0.0152. The standard InChI is InChI=1S/C22H20N2O5S/c1-3-27-17-12-10-16(11-13-17)20-23-24-22(29-20)30-15-7-6-14-28-21(25)18-8-4-5-9-19(18)26-2/h4-5,8-13H,3,14-15H2,1-2H3. The van der Waals surface area contributed by atoms with Crippen LogP contribution in [-0.2, 0) is 4.74 Å². The first-order valence-electron chi connectivity index (χ1n) is 9.16. The lowest BCUT2D eigenvalue weighted by Gasteiger charge is -2.06. The Labute approximate surface area is 178 Å². The minimum Gasteiger partial charge on any atom is -0.496 e. The molecule has 0 aliphatic rings. The highest BCUT2D eigenvalue weighted by Crippen LogP contribution is 2.24. The number of para-hydroxylation sites is 1.